The van der Waals surface area contributed by atoms with Crippen molar-refractivity contribution < 1.29 is 13.9 Å². The van der Waals surface area contributed by atoms with Crippen molar-refractivity contribution in [2.75, 3.05) is 18.5 Å². The largest absolute Gasteiger partial charge is 0.378 e. The van der Waals surface area contributed by atoms with Gasteiger partial charge in [-0.15, -0.1) is 0 Å². The van der Waals surface area contributed by atoms with Crippen LogP contribution < -0.4 is 5.32 Å². The fraction of sp³-hybridized carbons (Fsp3) is 0.182. The quantitative estimate of drug-likeness (QED) is 0.760. The van der Waals surface area contributed by atoms with Gasteiger partial charge in [-0.1, -0.05) is 30.3 Å². The first-order valence-electron chi connectivity index (χ1n) is 8.75. The second-order valence-electron chi connectivity index (χ2n) is 6.80. The molecule has 0 atom stereocenters. The minimum atomic E-state index is -0.724. The zero-order valence-corrected chi connectivity index (χ0v) is 14.9. The summed E-state index contributed by atoms with van der Waals surface area (Å²) in [5.41, 5.74) is 3.78. The topological polar surface area (TPSA) is 51.2 Å². The lowest BCUT2D eigenvalue weighted by Crippen LogP contribution is -2.55. The van der Waals surface area contributed by atoms with Gasteiger partial charge >= 0.3 is 0 Å². The Kier molecular flexibility index (Phi) is 4.46. The third kappa shape index (κ3) is 3.34. The summed E-state index contributed by atoms with van der Waals surface area (Å²) in [6, 6.07) is 17.7. The van der Waals surface area contributed by atoms with Gasteiger partial charge in [0.25, 0.3) is 0 Å². The van der Waals surface area contributed by atoms with Crippen LogP contribution in [0, 0.1) is 12.7 Å². The Morgan fingerprint density at radius 1 is 1.00 bits per heavy atom. The van der Waals surface area contributed by atoms with Gasteiger partial charge in [-0.2, -0.15) is 0 Å². The molecule has 0 saturated carbocycles. The Bertz CT molecular complexity index is 947. The van der Waals surface area contributed by atoms with E-state index in [0.717, 1.165) is 22.4 Å². The first-order valence-corrected chi connectivity index (χ1v) is 8.75. The van der Waals surface area contributed by atoms with E-state index >= 15 is 0 Å². The summed E-state index contributed by atoms with van der Waals surface area (Å²) in [5.74, 6) is -0.485. The molecule has 1 aromatic heterocycles. The number of aromatic nitrogens is 1. The second-order valence-corrected chi connectivity index (χ2v) is 6.80. The average Bonchev–Trinajstić information content (AvgIpc) is 2.64. The molecule has 5 heteroatoms. The maximum atomic E-state index is 13.1. The van der Waals surface area contributed by atoms with E-state index < -0.39 is 5.41 Å². The smallest absolute Gasteiger partial charge is 0.239 e. The van der Waals surface area contributed by atoms with Crippen LogP contribution in [0.5, 0.6) is 0 Å². The number of pyridine rings is 1. The highest BCUT2D eigenvalue weighted by Gasteiger charge is 2.47. The SMILES string of the molecule is Cc1ccc(-c2ccc(C3(C(=O)Nc4ccc(F)cc4)COC3)cc2)cn1. The molecule has 0 radical (unpaired) electrons. The predicted molar refractivity (Wildman–Crippen MR) is 102 cm³/mol. The molecule has 4 nitrogen and oxygen atoms in total. The number of benzene rings is 2. The van der Waals surface area contributed by atoms with Gasteiger partial charge in [-0.05, 0) is 48.4 Å². The highest BCUT2D eigenvalue weighted by molar-refractivity contribution is 6.00. The van der Waals surface area contributed by atoms with E-state index in [9.17, 15) is 9.18 Å². The van der Waals surface area contributed by atoms with E-state index in [-0.39, 0.29) is 11.7 Å². The van der Waals surface area contributed by atoms with Crippen LogP contribution in [0.4, 0.5) is 10.1 Å². The van der Waals surface area contributed by atoms with Crippen LogP contribution in [0.25, 0.3) is 11.1 Å². The molecule has 1 aliphatic heterocycles. The van der Waals surface area contributed by atoms with E-state index in [4.69, 9.17) is 4.74 Å². The Hall–Kier alpha value is -3.05. The number of ether oxygens (including phenoxy) is 1. The zero-order chi connectivity index (χ0) is 18.9. The molecule has 1 N–H and O–H groups in total. The lowest BCUT2D eigenvalue weighted by atomic mass is 9.77. The maximum Gasteiger partial charge on any atom is 0.239 e. The van der Waals surface area contributed by atoms with Crippen molar-refractivity contribution >= 4 is 11.6 Å². The van der Waals surface area contributed by atoms with Crippen molar-refractivity contribution in [3.63, 3.8) is 0 Å². The van der Waals surface area contributed by atoms with Crippen LogP contribution in [0.15, 0.2) is 66.9 Å². The molecule has 0 unspecified atom stereocenters. The molecule has 0 spiro atoms. The lowest BCUT2D eigenvalue weighted by molar-refractivity contribution is -0.139. The molecule has 1 amide bonds. The Morgan fingerprint density at radius 3 is 2.22 bits per heavy atom. The normalized spacial score (nSPS) is 15.0. The molecule has 1 fully saturated rings. The molecule has 2 aromatic carbocycles. The molecule has 3 aromatic rings. The van der Waals surface area contributed by atoms with Gasteiger partial charge < -0.3 is 10.1 Å². The molecular weight excluding hydrogens is 343 g/mol. The number of halogens is 1. The molecule has 2 heterocycles. The number of amides is 1. The van der Waals surface area contributed by atoms with E-state index in [1.807, 2.05) is 49.5 Å². The summed E-state index contributed by atoms with van der Waals surface area (Å²) in [6.07, 6.45) is 1.84. The van der Waals surface area contributed by atoms with Gasteiger partial charge in [0.15, 0.2) is 0 Å². The highest BCUT2D eigenvalue weighted by atomic mass is 19.1. The van der Waals surface area contributed by atoms with Crippen molar-refractivity contribution in [3.8, 4) is 11.1 Å². The summed E-state index contributed by atoms with van der Waals surface area (Å²) in [5, 5.41) is 2.87. The third-order valence-electron chi connectivity index (χ3n) is 4.92. The standard InChI is InChI=1S/C22H19FN2O2/c1-15-2-3-17(12-24-15)16-4-6-18(7-5-16)22(13-27-14-22)21(26)25-20-10-8-19(23)9-11-20/h2-12H,13-14H2,1H3,(H,25,26). The summed E-state index contributed by atoms with van der Waals surface area (Å²) in [4.78, 5) is 17.2. The summed E-state index contributed by atoms with van der Waals surface area (Å²) < 4.78 is 18.4. The van der Waals surface area contributed by atoms with Crippen LogP contribution in [0.1, 0.15) is 11.3 Å². The van der Waals surface area contributed by atoms with Crippen molar-refractivity contribution in [2.45, 2.75) is 12.3 Å². The molecule has 27 heavy (non-hydrogen) atoms. The number of anilines is 1. The third-order valence-corrected chi connectivity index (χ3v) is 4.92. The van der Waals surface area contributed by atoms with E-state index in [1.54, 1.807) is 12.1 Å². The Labute approximate surface area is 157 Å². The first-order chi connectivity index (χ1) is 13.1. The van der Waals surface area contributed by atoms with E-state index in [2.05, 4.69) is 10.3 Å². The van der Waals surface area contributed by atoms with Crippen LogP contribution in [0.3, 0.4) is 0 Å². The molecule has 0 bridgehead atoms. The molecule has 4 rings (SSSR count). The van der Waals surface area contributed by atoms with Crippen LogP contribution in [-0.4, -0.2) is 24.1 Å². The van der Waals surface area contributed by atoms with E-state index in [1.165, 1.54) is 12.1 Å². The molecule has 1 aliphatic rings. The minimum absolute atomic E-state index is 0.148. The fourth-order valence-electron chi connectivity index (χ4n) is 3.14. The van der Waals surface area contributed by atoms with Gasteiger partial charge in [0.1, 0.15) is 11.2 Å². The van der Waals surface area contributed by atoms with Crippen molar-refractivity contribution in [3.05, 3.63) is 83.9 Å². The minimum Gasteiger partial charge on any atom is -0.378 e. The first kappa shape index (κ1) is 17.4. The van der Waals surface area contributed by atoms with Crippen molar-refractivity contribution in [2.24, 2.45) is 0 Å². The van der Waals surface area contributed by atoms with E-state index in [0.29, 0.717) is 18.9 Å². The predicted octanol–water partition coefficient (Wildman–Crippen LogP) is 4.10. The average molecular weight is 362 g/mol. The summed E-state index contributed by atoms with van der Waals surface area (Å²) in [7, 11) is 0. The molecule has 1 saturated heterocycles. The van der Waals surface area contributed by atoms with Crippen LogP contribution >= 0.6 is 0 Å². The van der Waals surface area contributed by atoms with Crippen LogP contribution in [-0.2, 0) is 14.9 Å². The summed E-state index contributed by atoms with van der Waals surface area (Å²) >= 11 is 0. The van der Waals surface area contributed by atoms with Crippen molar-refractivity contribution in [1.82, 2.24) is 4.98 Å². The number of aryl methyl sites for hydroxylation is 1. The fourth-order valence-corrected chi connectivity index (χ4v) is 3.14. The number of nitrogens with zero attached hydrogens (tertiary/aromatic N) is 1. The second kappa shape index (κ2) is 6.93. The van der Waals surface area contributed by atoms with Gasteiger partial charge in [-0.3, -0.25) is 9.78 Å². The Balaban J connectivity index is 1.57. The monoisotopic (exact) mass is 362 g/mol. The molecular formula is C22H19FN2O2. The lowest BCUT2D eigenvalue weighted by Gasteiger charge is -2.40. The number of rotatable bonds is 4. The number of carbonyl (C=O) groups is 1. The highest BCUT2D eigenvalue weighted by Crippen LogP contribution is 2.35. The number of hydrogen-bond donors (Lipinski definition) is 1. The molecule has 136 valence electrons. The van der Waals surface area contributed by atoms with Crippen molar-refractivity contribution in [1.29, 1.82) is 0 Å². The number of nitrogens with one attached hydrogen (secondary N) is 1. The zero-order valence-electron chi connectivity index (χ0n) is 14.9. The van der Waals surface area contributed by atoms with Gasteiger partial charge in [0, 0.05) is 23.1 Å². The number of hydrogen-bond acceptors (Lipinski definition) is 3. The summed E-state index contributed by atoms with van der Waals surface area (Å²) in [6.45, 7) is 2.60. The van der Waals surface area contributed by atoms with Gasteiger partial charge in [0.05, 0.1) is 13.2 Å². The Morgan fingerprint density at radius 2 is 1.67 bits per heavy atom. The van der Waals surface area contributed by atoms with Gasteiger partial charge in [-0.25, -0.2) is 4.39 Å². The maximum absolute atomic E-state index is 13.1. The van der Waals surface area contributed by atoms with Gasteiger partial charge in [0.2, 0.25) is 5.91 Å². The molecule has 0 aliphatic carbocycles. The van der Waals surface area contributed by atoms with Crippen LogP contribution in [0.2, 0.25) is 0 Å². The number of carbonyl (C=O) groups excluding carboxylic acids is 1.